The topological polar surface area (TPSA) is 0 Å². The SMILES string of the molecule is Cc1cc(S)cc(C)c1I. The van der Waals surface area contributed by atoms with E-state index in [1.807, 2.05) is 0 Å². The zero-order valence-corrected chi connectivity index (χ0v) is 9.03. The second-order valence-electron chi connectivity index (χ2n) is 2.39. The van der Waals surface area contributed by atoms with Crippen molar-refractivity contribution in [3.8, 4) is 0 Å². The van der Waals surface area contributed by atoms with Gasteiger partial charge in [0.15, 0.2) is 0 Å². The van der Waals surface area contributed by atoms with Crippen LogP contribution in [0.25, 0.3) is 0 Å². The van der Waals surface area contributed by atoms with Gasteiger partial charge in [0.05, 0.1) is 0 Å². The largest absolute Gasteiger partial charge is 0.143 e. The lowest BCUT2D eigenvalue weighted by Gasteiger charge is -2.02. The lowest BCUT2D eigenvalue weighted by Crippen LogP contribution is -1.84. The zero-order chi connectivity index (χ0) is 7.72. The van der Waals surface area contributed by atoms with Crippen LogP contribution in [0.2, 0.25) is 0 Å². The predicted octanol–water partition coefficient (Wildman–Crippen LogP) is 3.20. The molecule has 0 aliphatic rings. The van der Waals surface area contributed by atoms with Crippen LogP contribution in [0.5, 0.6) is 0 Å². The predicted molar refractivity (Wildman–Crippen MR) is 55.9 cm³/mol. The summed E-state index contributed by atoms with van der Waals surface area (Å²) < 4.78 is 1.34. The normalized spacial score (nSPS) is 10.0. The van der Waals surface area contributed by atoms with E-state index in [0.717, 1.165) is 4.90 Å². The first-order valence-electron chi connectivity index (χ1n) is 3.07. The van der Waals surface area contributed by atoms with E-state index in [1.54, 1.807) is 0 Å². The first-order chi connectivity index (χ1) is 4.61. The van der Waals surface area contributed by atoms with Crippen molar-refractivity contribution < 1.29 is 0 Å². The summed E-state index contributed by atoms with van der Waals surface area (Å²) in [6, 6.07) is 4.16. The molecule has 0 N–H and O–H groups in total. The number of hydrogen-bond acceptors (Lipinski definition) is 1. The number of halogens is 1. The van der Waals surface area contributed by atoms with Gasteiger partial charge in [0, 0.05) is 8.47 Å². The molecule has 0 saturated carbocycles. The molecule has 0 aliphatic heterocycles. The summed E-state index contributed by atoms with van der Waals surface area (Å²) >= 11 is 6.62. The van der Waals surface area contributed by atoms with Crippen LogP contribution in [0.1, 0.15) is 11.1 Å². The quantitative estimate of drug-likeness (QED) is 0.540. The Bertz CT molecular complexity index is 232. The first-order valence-corrected chi connectivity index (χ1v) is 4.59. The van der Waals surface area contributed by atoms with Crippen LogP contribution in [0.15, 0.2) is 17.0 Å². The van der Waals surface area contributed by atoms with Gasteiger partial charge in [-0.3, -0.25) is 0 Å². The van der Waals surface area contributed by atoms with Gasteiger partial charge in [-0.15, -0.1) is 12.6 Å². The van der Waals surface area contributed by atoms with Gasteiger partial charge in [-0.05, 0) is 59.7 Å². The molecule has 0 unspecified atom stereocenters. The second kappa shape index (κ2) is 3.13. The van der Waals surface area contributed by atoms with E-state index in [0.29, 0.717) is 0 Å². The monoisotopic (exact) mass is 264 g/mol. The Balaban J connectivity index is 3.31. The van der Waals surface area contributed by atoms with Gasteiger partial charge in [0.25, 0.3) is 0 Å². The van der Waals surface area contributed by atoms with Crippen molar-refractivity contribution >= 4 is 35.2 Å². The van der Waals surface area contributed by atoms with Gasteiger partial charge >= 0.3 is 0 Å². The van der Waals surface area contributed by atoms with E-state index in [-0.39, 0.29) is 0 Å². The summed E-state index contributed by atoms with van der Waals surface area (Å²) in [6.07, 6.45) is 0. The summed E-state index contributed by atoms with van der Waals surface area (Å²) in [5.74, 6) is 0. The molecule has 0 spiro atoms. The Morgan fingerprint density at radius 1 is 1.20 bits per heavy atom. The van der Waals surface area contributed by atoms with Gasteiger partial charge < -0.3 is 0 Å². The minimum absolute atomic E-state index is 1.05. The van der Waals surface area contributed by atoms with Crippen molar-refractivity contribution in [1.29, 1.82) is 0 Å². The lowest BCUT2D eigenvalue weighted by atomic mass is 10.2. The Labute approximate surface area is 80.6 Å². The van der Waals surface area contributed by atoms with Gasteiger partial charge in [-0.1, -0.05) is 0 Å². The molecule has 0 amide bonds. The molecule has 0 atom stereocenters. The van der Waals surface area contributed by atoms with Crippen molar-refractivity contribution in [3.05, 3.63) is 26.8 Å². The van der Waals surface area contributed by atoms with E-state index in [2.05, 4.69) is 61.2 Å². The molecule has 1 aromatic carbocycles. The molecule has 1 aromatic rings. The van der Waals surface area contributed by atoms with Gasteiger partial charge in [0.2, 0.25) is 0 Å². The molecule has 0 bridgehead atoms. The highest BCUT2D eigenvalue weighted by Crippen LogP contribution is 2.19. The smallest absolute Gasteiger partial charge is 0.0189 e. The highest BCUT2D eigenvalue weighted by Gasteiger charge is 1.98. The Morgan fingerprint density at radius 3 is 2.00 bits per heavy atom. The molecular weight excluding hydrogens is 255 g/mol. The van der Waals surface area contributed by atoms with Crippen LogP contribution in [0.3, 0.4) is 0 Å². The van der Waals surface area contributed by atoms with E-state index in [1.165, 1.54) is 14.7 Å². The standard InChI is InChI=1S/C8H9IS/c1-5-3-7(10)4-6(2)8(5)9/h3-4,10H,1-2H3. The fraction of sp³-hybridized carbons (Fsp3) is 0.250. The second-order valence-corrected chi connectivity index (χ2v) is 3.99. The third-order valence-electron chi connectivity index (χ3n) is 1.42. The molecule has 2 heteroatoms. The van der Waals surface area contributed by atoms with E-state index >= 15 is 0 Å². The summed E-state index contributed by atoms with van der Waals surface area (Å²) in [4.78, 5) is 1.05. The van der Waals surface area contributed by atoms with Crippen LogP contribution < -0.4 is 0 Å². The average Bonchev–Trinajstić information content (AvgIpc) is 1.82. The number of benzene rings is 1. The van der Waals surface area contributed by atoms with Crippen molar-refractivity contribution in [2.75, 3.05) is 0 Å². The first kappa shape index (κ1) is 8.40. The maximum atomic E-state index is 4.27. The number of aryl methyl sites for hydroxylation is 2. The average molecular weight is 264 g/mol. The third kappa shape index (κ3) is 1.66. The Hall–Kier alpha value is 0.300. The minimum Gasteiger partial charge on any atom is -0.143 e. The van der Waals surface area contributed by atoms with E-state index < -0.39 is 0 Å². The zero-order valence-electron chi connectivity index (χ0n) is 5.98. The molecule has 0 heterocycles. The van der Waals surface area contributed by atoms with Crippen LogP contribution in [0, 0.1) is 17.4 Å². The molecule has 10 heavy (non-hydrogen) atoms. The number of hydrogen-bond donors (Lipinski definition) is 1. The third-order valence-corrected chi connectivity index (χ3v) is 3.38. The van der Waals surface area contributed by atoms with Crippen LogP contribution in [0.4, 0.5) is 0 Å². The molecule has 0 aromatic heterocycles. The highest BCUT2D eigenvalue weighted by molar-refractivity contribution is 14.1. The number of thiol groups is 1. The van der Waals surface area contributed by atoms with Crippen LogP contribution >= 0.6 is 35.2 Å². The Morgan fingerprint density at radius 2 is 1.60 bits per heavy atom. The number of rotatable bonds is 0. The summed E-state index contributed by atoms with van der Waals surface area (Å²) in [6.45, 7) is 4.21. The van der Waals surface area contributed by atoms with E-state index in [4.69, 9.17) is 0 Å². The van der Waals surface area contributed by atoms with Crippen molar-refractivity contribution in [1.82, 2.24) is 0 Å². The summed E-state index contributed by atoms with van der Waals surface area (Å²) in [5, 5.41) is 0. The van der Waals surface area contributed by atoms with Crippen LogP contribution in [-0.2, 0) is 0 Å². The fourth-order valence-electron chi connectivity index (χ4n) is 0.923. The maximum absolute atomic E-state index is 4.27. The molecule has 0 fully saturated rings. The van der Waals surface area contributed by atoms with Crippen molar-refractivity contribution in [3.63, 3.8) is 0 Å². The van der Waals surface area contributed by atoms with Gasteiger partial charge in [0.1, 0.15) is 0 Å². The molecular formula is C8H9IS. The fourth-order valence-corrected chi connectivity index (χ4v) is 1.62. The molecule has 0 aliphatic carbocycles. The molecule has 0 saturated heterocycles. The van der Waals surface area contributed by atoms with E-state index in [9.17, 15) is 0 Å². The van der Waals surface area contributed by atoms with Crippen molar-refractivity contribution in [2.45, 2.75) is 18.7 Å². The lowest BCUT2D eigenvalue weighted by molar-refractivity contribution is 1.27. The molecule has 1 rings (SSSR count). The molecule has 0 radical (unpaired) electrons. The highest BCUT2D eigenvalue weighted by atomic mass is 127. The molecule has 0 nitrogen and oxygen atoms in total. The Kier molecular flexibility index (Phi) is 2.63. The van der Waals surface area contributed by atoms with Crippen LogP contribution in [-0.4, -0.2) is 0 Å². The maximum Gasteiger partial charge on any atom is 0.0189 e. The summed E-state index contributed by atoms with van der Waals surface area (Å²) in [5.41, 5.74) is 2.62. The van der Waals surface area contributed by atoms with Crippen molar-refractivity contribution in [2.24, 2.45) is 0 Å². The minimum atomic E-state index is 1.05. The van der Waals surface area contributed by atoms with Gasteiger partial charge in [-0.2, -0.15) is 0 Å². The van der Waals surface area contributed by atoms with Gasteiger partial charge in [-0.25, -0.2) is 0 Å². The molecule has 54 valence electrons. The summed E-state index contributed by atoms with van der Waals surface area (Å²) in [7, 11) is 0.